The molecular weight excluding hydrogens is 377 g/mol. The van der Waals surface area contributed by atoms with Gasteiger partial charge < -0.3 is 19.7 Å². The van der Waals surface area contributed by atoms with E-state index in [1.165, 1.54) is 18.5 Å². The highest BCUT2D eigenvalue weighted by Crippen LogP contribution is 2.32. The molecule has 1 N–H and O–H groups in total. The average Bonchev–Trinajstić information content (AvgIpc) is 3.33. The van der Waals surface area contributed by atoms with Crippen LogP contribution in [-0.2, 0) is 16.1 Å². The van der Waals surface area contributed by atoms with Crippen molar-refractivity contribution in [3.8, 4) is 0 Å². The molecule has 0 saturated carbocycles. The minimum absolute atomic E-state index is 0.0326. The number of rotatable bonds is 4. The summed E-state index contributed by atoms with van der Waals surface area (Å²) in [5, 5.41) is 2.61. The maximum absolute atomic E-state index is 14.1. The summed E-state index contributed by atoms with van der Waals surface area (Å²) < 4.78 is 15.7. The number of aromatic nitrogens is 2. The first kappa shape index (κ1) is 19.1. The molecule has 0 spiro atoms. The van der Waals surface area contributed by atoms with Crippen LogP contribution in [-0.4, -0.2) is 63.8 Å². The van der Waals surface area contributed by atoms with E-state index in [0.29, 0.717) is 19.6 Å². The van der Waals surface area contributed by atoms with Gasteiger partial charge in [0.1, 0.15) is 12.4 Å². The number of hydrogen-bond donors (Lipinski definition) is 1. The van der Waals surface area contributed by atoms with Crippen molar-refractivity contribution >= 4 is 23.4 Å². The van der Waals surface area contributed by atoms with Gasteiger partial charge in [0.25, 0.3) is 5.91 Å². The maximum atomic E-state index is 14.1. The molecule has 152 valence electrons. The number of fused-ring (bicyclic) bond motifs is 1. The zero-order valence-corrected chi connectivity index (χ0v) is 16.0. The Bertz CT molecular complexity index is 946. The first-order chi connectivity index (χ1) is 13.9. The molecule has 0 radical (unpaired) electrons. The lowest BCUT2D eigenvalue weighted by molar-refractivity contribution is -0.137. The number of nitrogens with one attached hydrogen (secondary N) is 1. The van der Waals surface area contributed by atoms with Gasteiger partial charge in [0.15, 0.2) is 0 Å². The van der Waals surface area contributed by atoms with Crippen molar-refractivity contribution in [3.63, 3.8) is 0 Å². The molecule has 0 unspecified atom stereocenters. The number of carbonyl (C=O) groups excluding carboxylic acids is 3. The predicted molar refractivity (Wildman–Crippen MR) is 102 cm³/mol. The van der Waals surface area contributed by atoms with Crippen LogP contribution in [0.2, 0.25) is 0 Å². The van der Waals surface area contributed by atoms with Crippen LogP contribution < -0.4 is 5.32 Å². The van der Waals surface area contributed by atoms with Gasteiger partial charge in [-0.25, -0.2) is 9.37 Å². The van der Waals surface area contributed by atoms with Crippen molar-refractivity contribution in [2.24, 2.45) is 11.8 Å². The molecule has 1 aromatic carbocycles. The number of likely N-dealkylation sites (tertiary alicyclic amines) is 2. The summed E-state index contributed by atoms with van der Waals surface area (Å²) in [7, 11) is 1.77. The quantitative estimate of drug-likeness (QED) is 0.837. The lowest BCUT2D eigenvalue weighted by atomic mass is 9.88. The number of anilines is 1. The lowest BCUT2D eigenvalue weighted by Crippen LogP contribution is -2.42. The molecule has 2 atom stereocenters. The van der Waals surface area contributed by atoms with Crippen LogP contribution in [0.5, 0.6) is 0 Å². The molecule has 4 rings (SSSR count). The summed E-state index contributed by atoms with van der Waals surface area (Å²) in [6.45, 7) is 1.55. The van der Waals surface area contributed by atoms with Crippen LogP contribution in [0.15, 0.2) is 36.9 Å². The lowest BCUT2D eigenvalue weighted by Gasteiger charge is -2.30. The Hall–Kier alpha value is -3.23. The summed E-state index contributed by atoms with van der Waals surface area (Å²) in [6, 6.07) is 3.79. The van der Waals surface area contributed by atoms with Gasteiger partial charge in [-0.2, -0.15) is 0 Å². The molecule has 1 aromatic heterocycles. The van der Waals surface area contributed by atoms with Crippen LogP contribution in [0, 0.1) is 17.7 Å². The number of amides is 3. The third-order valence-electron chi connectivity index (χ3n) is 5.57. The second kappa shape index (κ2) is 7.65. The van der Waals surface area contributed by atoms with Gasteiger partial charge in [-0.05, 0) is 30.5 Å². The second-order valence-corrected chi connectivity index (χ2v) is 7.64. The summed E-state index contributed by atoms with van der Waals surface area (Å²) in [4.78, 5) is 44.6. The van der Waals surface area contributed by atoms with E-state index in [2.05, 4.69) is 10.3 Å². The minimum atomic E-state index is -0.610. The molecule has 8 nitrogen and oxygen atoms in total. The Morgan fingerprint density at radius 1 is 1.28 bits per heavy atom. The van der Waals surface area contributed by atoms with Gasteiger partial charge in [0.2, 0.25) is 11.8 Å². The monoisotopic (exact) mass is 399 g/mol. The van der Waals surface area contributed by atoms with Gasteiger partial charge >= 0.3 is 0 Å². The zero-order chi connectivity index (χ0) is 20.5. The van der Waals surface area contributed by atoms with Crippen LogP contribution >= 0.6 is 0 Å². The molecule has 2 saturated heterocycles. The van der Waals surface area contributed by atoms with Crippen LogP contribution in [0.3, 0.4) is 0 Å². The molecule has 2 fully saturated rings. The molecule has 3 heterocycles. The standard InChI is InChI=1S/C20H22FN5O3/c1-24-4-2-13-9-26(10-17(13)20(24)29)19(28)14-6-15(21)8-16(7-14)23-18(27)11-25-5-3-22-12-25/h3,5-8,12-13,17H,2,4,9-11H2,1H3,(H,23,27)/t13-,17+/m1/s1. The van der Waals surface area contributed by atoms with E-state index in [-0.39, 0.29) is 47.4 Å². The fourth-order valence-electron chi connectivity index (χ4n) is 4.08. The topological polar surface area (TPSA) is 87.5 Å². The molecule has 2 aromatic rings. The Balaban J connectivity index is 1.46. The van der Waals surface area contributed by atoms with Crippen molar-refractivity contribution in [2.45, 2.75) is 13.0 Å². The normalized spacial score (nSPS) is 21.2. The number of benzene rings is 1. The fraction of sp³-hybridized carbons (Fsp3) is 0.400. The summed E-state index contributed by atoms with van der Waals surface area (Å²) in [5.41, 5.74) is 0.369. The zero-order valence-electron chi connectivity index (χ0n) is 16.0. The molecular formula is C20H22FN5O3. The highest BCUT2D eigenvalue weighted by Gasteiger charge is 2.43. The predicted octanol–water partition coefficient (Wildman–Crippen LogP) is 1.21. The van der Waals surface area contributed by atoms with E-state index in [4.69, 9.17) is 0 Å². The van der Waals surface area contributed by atoms with E-state index >= 15 is 0 Å². The number of hydrogen-bond acceptors (Lipinski definition) is 4. The Morgan fingerprint density at radius 2 is 2.10 bits per heavy atom. The van der Waals surface area contributed by atoms with Gasteiger partial charge in [0, 0.05) is 50.3 Å². The fourth-order valence-corrected chi connectivity index (χ4v) is 4.08. The van der Waals surface area contributed by atoms with Gasteiger partial charge in [-0.15, -0.1) is 0 Å². The van der Waals surface area contributed by atoms with Gasteiger partial charge in [0.05, 0.1) is 12.2 Å². The number of nitrogens with zero attached hydrogens (tertiary/aromatic N) is 4. The summed E-state index contributed by atoms with van der Waals surface area (Å²) in [6.07, 6.45) is 5.56. The molecule has 29 heavy (non-hydrogen) atoms. The van der Waals surface area contributed by atoms with Crippen molar-refractivity contribution in [1.82, 2.24) is 19.4 Å². The van der Waals surface area contributed by atoms with Crippen LogP contribution in [0.1, 0.15) is 16.8 Å². The third kappa shape index (κ3) is 3.98. The minimum Gasteiger partial charge on any atom is -0.345 e. The highest BCUT2D eigenvalue weighted by atomic mass is 19.1. The largest absolute Gasteiger partial charge is 0.345 e. The summed E-state index contributed by atoms with van der Waals surface area (Å²) >= 11 is 0. The Labute approximate surface area is 167 Å². The van der Waals surface area contributed by atoms with Crippen molar-refractivity contribution < 1.29 is 18.8 Å². The van der Waals surface area contributed by atoms with E-state index in [9.17, 15) is 18.8 Å². The van der Waals surface area contributed by atoms with E-state index < -0.39 is 5.82 Å². The van der Waals surface area contributed by atoms with E-state index in [0.717, 1.165) is 12.5 Å². The van der Waals surface area contributed by atoms with Crippen molar-refractivity contribution in [1.29, 1.82) is 0 Å². The maximum Gasteiger partial charge on any atom is 0.254 e. The first-order valence-corrected chi connectivity index (χ1v) is 9.51. The number of carbonyl (C=O) groups is 3. The SMILES string of the molecule is CN1CC[C@@H]2CN(C(=O)c3cc(F)cc(NC(=O)Cn4ccnc4)c3)C[C@@H]2C1=O. The van der Waals surface area contributed by atoms with E-state index in [1.54, 1.807) is 33.8 Å². The molecule has 0 bridgehead atoms. The van der Waals surface area contributed by atoms with Crippen LogP contribution in [0.4, 0.5) is 10.1 Å². The molecule has 0 aliphatic carbocycles. The Kier molecular flexibility index (Phi) is 5.04. The van der Waals surface area contributed by atoms with E-state index in [1.807, 2.05) is 0 Å². The average molecular weight is 399 g/mol. The first-order valence-electron chi connectivity index (χ1n) is 9.51. The number of imidazole rings is 1. The molecule has 9 heteroatoms. The Morgan fingerprint density at radius 3 is 2.86 bits per heavy atom. The highest BCUT2D eigenvalue weighted by molar-refractivity contribution is 5.98. The second-order valence-electron chi connectivity index (χ2n) is 7.64. The summed E-state index contributed by atoms with van der Waals surface area (Å²) in [5.74, 6) is -1.29. The molecule has 2 aliphatic heterocycles. The van der Waals surface area contributed by atoms with Crippen molar-refractivity contribution in [2.75, 3.05) is 32.0 Å². The van der Waals surface area contributed by atoms with Crippen LogP contribution in [0.25, 0.3) is 0 Å². The third-order valence-corrected chi connectivity index (χ3v) is 5.57. The van der Waals surface area contributed by atoms with Crippen molar-refractivity contribution in [3.05, 3.63) is 48.3 Å². The molecule has 3 amide bonds. The van der Waals surface area contributed by atoms with Gasteiger partial charge in [-0.3, -0.25) is 14.4 Å². The number of halogens is 1. The van der Waals surface area contributed by atoms with Gasteiger partial charge in [-0.1, -0.05) is 0 Å². The molecule has 2 aliphatic rings. The number of piperidine rings is 1. The smallest absolute Gasteiger partial charge is 0.254 e.